The van der Waals surface area contributed by atoms with Crippen LogP contribution in [0.5, 0.6) is 0 Å². The van der Waals surface area contributed by atoms with Crippen LogP contribution in [-0.2, 0) is 14.3 Å². The van der Waals surface area contributed by atoms with Gasteiger partial charge in [0.1, 0.15) is 6.61 Å². The highest BCUT2D eigenvalue weighted by Gasteiger charge is 2.48. The van der Waals surface area contributed by atoms with Crippen molar-refractivity contribution < 1.29 is 50.6 Å². The van der Waals surface area contributed by atoms with Gasteiger partial charge in [-0.1, -0.05) is 20.8 Å². The molecule has 6 nitrogen and oxygen atoms in total. The minimum Gasteiger partial charge on any atom is -0.481 e. The van der Waals surface area contributed by atoms with Gasteiger partial charge in [-0.15, -0.1) is 0 Å². The number of halogens is 6. The first-order chi connectivity index (χ1) is 13.1. The zero-order valence-corrected chi connectivity index (χ0v) is 16.0. The first kappa shape index (κ1) is 25.0. The topological polar surface area (TPSA) is 83.9 Å². The number of imide groups is 1. The molecule has 1 N–H and O–H groups in total. The summed E-state index contributed by atoms with van der Waals surface area (Å²) in [7, 11) is 0. The SMILES string of the molecule is CC(C)[C@H]1COC(=O)N1C(=O)C(CCC(F)(F)F)C(CC(C)C(F)(F)F)C(=O)O. The molecule has 3 unspecified atom stereocenters. The number of nitrogens with zero attached hydrogens (tertiary/aromatic N) is 1. The number of aliphatic carboxylic acids is 1. The number of amides is 2. The zero-order chi connectivity index (χ0) is 22.7. The second kappa shape index (κ2) is 9.21. The molecule has 29 heavy (non-hydrogen) atoms. The first-order valence-corrected chi connectivity index (χ1v) is 8.92. The molecule has 0 aromatic carbocycles. The van der Waals surface area contributed by atoms with Gasteiger partial charge in [0.15, 0.2) is 0 Å². The van der Waals surface area contributed by atoms with Gasteiger partial charge in [0.05, 0.1) is 23.8 Å². The van der Waals surface area contributed by atoms with Crippen LogP contribution in [0, 0.1) is 23.7 Å². The summed E-state index contributed by atoms with van der Waals surface area (Å²) in [5.74, 6) is -9.65. The second-order valence-corrected chi connectivity index (χ2v) is 7.48. The zero-order valence-electron chi connectivity index (χ0n) is 16.0. The first-order valence-electron chi connectivity index (χ1n) is 8.92. The van der Waals surface area contributed by atoms with Crippen LogP contribution in [0.3, 0.4) is 0 Å². The van der Waals surface area contributed by atoms with E-state index in [1.54, 1.807) is 13.8 Å². The highest BCUT2D eigenvalue weighted by Crippen LogP contribution is 2.37. The lowest BCUT2D eigenvalue weighted by Crippen LogP contribution is -2.48. The Hall–Kier alpha value is -2.01. The van der Waals surface area contributed by atoms with Gasteiger partial charge >= 0.3 is 24.4 Å². The van der Waals surface area contributed by atoms with E-state index in [9.17, 15) is 45.8 Å². The Labute approximate surface area is 163 Å². The molecule has 168 valence electrons. The Kier molecular flexibility index (Phi) is 7.94. The molecule has 1 rings (SSSR count). The Balaban J connectivity index is 3.27. The third-order valence-corrected chi connectivity index (χ3v) is 4.94. The van der Waals surface area contributed by atoms with E-state index in [4.69, 9.17) is 4.74 Å². The smallest absolute Gasteiger partial charge is 0.416 e. The molecular weight excluding hydrogens is 412 g/mol. The second-order valence-electron chi connectivity index (χ2n) is 7.48. The molecule has 1 aliphatic heterocycles. The van der Waals surface area contributed by atoms with E-state index < -0.39 is 73.4 Å². The maximum atomic E-state index is 12.9. The molecule has 4 atom stereocenters. The van der Waals surface area contributed by atoms with E-state index in [0.29, 0.717) is 11.8 Å². The normalized spacial score (nSPS) is 21.1. The quantitative estimate of drug-likeness (QED) is 0.577. The summed E-state index contributed by atoms with van der Waals surface area (Å²) in [6.45, 7) is 3.67. The molecule has 1 saturated heterocycles. The van der Waals surface area contributed by atoms with Crippen molar-refractivity contribution in [3.8, 4) is 0 Å². The molecule has 1 fully saturated rings. The predicted molar refractivity (Wildman–Crippen MR) is 86.6 cm³/mol. The summed E-state index contributed by atoms with van der Waals surface area (Å²) in [4.78, 5) is 37.0. The maximum absolute atomic E-state index is 12.9. The van der Waals surface area contributed by atoms with Crippen LogP contribution in [0.2, 0.25) is 0 Å². The number of ether oxygens (including phenoxy) is 1. The van der Waals surface area contributed by atoms with Gasteiger partial charge in [0.25, 0.3) is 0 Å². The average Bonchev–Trinajstić information content (AvgIpc) is 2.93. The predicted octanol–water partition coefficient (Wildman–Crippen LogP) is 4.24. The van der Waals surface area contributed by atoms with E-state index in [1.807, 2.05) is 0 Å². The summed E-state index contributed by atoms with van der Waals surface area (Å²) in [5, 5.41) is 9.38. The number of carboxylic acid groups (broad SMARTS) is 1. The van der Waals surface area contributed by atoms with Gasteiger partial charge in [-0.2, -0.15) is 26.3 Å². The van der Waals surface area contributed by atoms with Crippen molar-refractivity contribution in [3.63, 3.8) is 0 Å². The van der Waals surface area contributed by atoms with E-state index in [0.717, 1.165) is 0 Å². The molecular formula is C17H23F6NO5. The maximum Gasteiger partial charge on any atom is 0.416 e. The molecule has 1 heterocycles. The molecule has 0 bridgehead atoms. The lowest BCUT2D eigenvalue weighted by Gasteiger charge is -2.31. The Bertz CT molecular complexity index is 618. The molecule has 0 saturated carbocycles. The molecule has 0 spiro atoms. The Morgan fingerprint density at radius 1 is 1.14 bits per heavy atom. The number of hydrogen-bond donors (Lipinski definition) is 1. The number of carboxylic acids is 1. The van der Waals surface area contributed by atoms with Gasteiger partial charge < -0.3 is 9.84 Å². The summed E-state index contributed by atoms with van der Waals surface area (Å²) in [6, 6.07) is -0.849. The summed E-state index contributed by atoms with van der Waals surface area (Å²) in [6.07, 6.45) is -14.4. The molecule has 0 aliphatic carbocycles. The third-order valence-electron chi connectivity index (χ3n) is 4.94. The number of rotatable bonds is 8. The lowest BCUT2D eigenvalue weighted by molar-refractivity contribution is -0.180. The fourth-order valence-corrected chi connectivity index (χ4v) is 3.13. The Morgan fingerprint density at radius 3 is 2.10 bits per heavy atom. The van der Waals surface area contributed by atoms with Crippen molar-refractivity contribution in [1.29, 1.82) is 0 Å². The van der Waals surface area contributed by atoms with Gasteiger partial charge in [0.2, 0.25) is 5.91 Å². The van der Waals surface area contributed by atoms with Gasteiger partial charge in [0, 0.05) is 6.42 Å². The molecule has 0 aromatic heterocycles. The largest absolute Gasteiger partial charge is 0.481 e. The third kappa shape index (κ3) is 6.77. The van der Waals surface area contributed by atoms with Crippen LogP contribution >= 0.6 is 0 Å². The molecule has 0 aromatic rings. The van der Waals surface area contributed by atoms with E-state index >= 15 is 0 Å². The van der Waals surface area contributed by atoms with Crippen LogP contribution in [0.1, 0.15) is 40.0 Å². The monoisotopic (exact) mass is 435 g/mol. The summed E-state index contributed by atoms with van der Waals surface area (Å²) < 4.78 is 81.6. The van der Waals surface area contributed by atoms with E-state index in [1.165, 1.54) is 0 Å². The van der Waals surface area contributed by atoms with Crippen LogP contribution in [0.4, 0.5) is 31.1 Å². The highest BCUT2D eigenvalue weighted by atomic mass is 19.4. The standard InChI is InChI=1S/C17H23F6NO5/c1-8(2)12-7-29-15(28)24(12)13(25)10(4-5-16(18,19)20)11(14(26)27)6-9(3)17(21,22)23/h8-12H,4-7H2,1-3H3,(H,26,27)/t9?,10?,11?,12-/m1/s1. The summed E-state index contributed by atoms with van der Waals surface area (Å²) in [5.41, 5.74) is 0. The van der Waals surface area contributed by atoms with Crippen molar-refractivity contribution in [2.75, 3.05) is 6.61 Å². The van der Waals surface area contributed by atoms with Crippen molar-refractivity contribution in [2.45, 2.75) is 58.4 Å². The number of carbonyl (C=O) groups is 3. The number of carbonyl (C=O) groups excluding carboxylic acids is 2. The van der Waals surface area contributed by atoms with Crippen LogP contribution in [-0.4, -0.2) is 53.0 Å². The molecule has 1 aliphatic rings. The van der Waals surface area contributed by atoms with Crippen molar-refractivity contribution in [1.82, 2.24) is 4.90 Å². The van der Waals surface area contributed by atoms with E-state index in [2.05, 4.69) is 0 Å². The number of cyclic esters (lactones) is 1. The van der Waals surface area contributed by atoms with Crippen LogP contribution in [0.15, 0.2) is 0 Å². The van der Waals surface area contributed by atoms with Gasteiger partial charge in [-0.05, 0) is 18.8 Å². The average molecular weight is 435 g/mol. The number of alkyl halides is 6. The molecule has 12 heteroatoms. The fourth-order valence-electron chi connectivity index (χ4n) is 3.13. The minimum atomic E-state index is -4.79. The van der Waals surface area contributed by atoms with E-state index in [-0.39, 0.29) is 12.5 Å². The molecule has 0 radical (unpaired) electrons. The van der Waals surface area contributed by atoms with Gasteiger partial charge in [-0.3, -0.25) is 9.59 Å². The summed E-state index contributed by atoms with van der Waals surface area (Å²) >= 11 is 0. The van der Waals surface area contributed by atoms with Gasteiger partial charge in [-0.25, -0.2) is 9.69 Å². The van der Waals surface area contributed by atoms with Crippen LogP contribution < -0.4 is 0 Å². The minimum absolute atomic E-state index is 0.231. The lowest BCUT2D eigenvalue weighted by atomic mass is 9.80. The van der Waals surface area contributed by atoms with Crippen molar-refractivity contribution >= 4 is 18.0 Å². The Morgan fingerprint density at radius 2 is 1.69 bits per heavy atom. The molecule has 2 amide bonds. The fraction of sp³-hybridized carbons (Fsp3) is 0.824. The highest BCUT2D eigenvalue weighted by molar-refractivity contribution is 5.96. The van der Waals surface area contributed by atoms with Crippen molar-refractivity contribution in [3.05, 3.63) is 0 Å². The van der Waals surface area contributed by atoms with Crippen LogP contribution in [0.25, 0.3) is 0 Å². The van der Waals surface area contributed by atoms with Crippen molar-refractivity contribution in [2.24, 2.45) is 23.7 Å². The number of hydrogen-bond acceptors (Lipinski definition) is 4.